The Morgan fingerprint density at radius 3 is 2.47 bits per heavy atom. The van der Waals surface area contributed by atoms with Crippen molar-refractivity contribution < 1.29 is 4.79 Å². The molecule has 0 bridgehead atoms. The molecule has 2 aromatic heterocycles. The maximum absolute atomic E-state index is 13.2. The molecule has 1 amide bonds. The van der Waals surface area contributed by atoms with E-state index in [1.807, 2.05) is 37.2 Å². The van der Waals surface area contributed by atoms with E-state index in [4.69, 9.17) is 11.6 Å². The second-order valence-electron chi connectivity index (χ2n) is 8.43. The van der Waals surface area contributed by atoms with Crippen LogP contribution in [0.1, 0.15) is 16.1 Å². The van der Waals surface area contributed by atoms with Crippen molar-refractivity contribution in [1.82, 2.24) is 24.1 Å². The fourth-order valence-corrected chi connectivity index (χ4v) is 4.49. The van der Waals surface area contributed by atoms with Gasteiger partial charge < -0.3 is 9.47 Å². The zero-order valence-electron chi connectivity index (χ0n) is 18.3. The molecule has 5 rings (SSSR count). The fourth-order valence-electron chi connectivity index (χ4n) is 4.37. The number of amides is 1. The minimum absolute atomic E-state index is 0.0400. The molecule has 2 aromatic carbocycles. The predicted octanol–water partition coefficient (Wildman–Crippen LogP) is 4.19. The average molecular weight is 448 g/mol. The number of carbonyl (C=O) groups is 1. The van der Waals surface area contributed by atoms with Gasteiger partial charge in [0.1, 0.15) is 5.69 Å². The smallest absolute Gasteiger partial charge is 0.272 e. The number of benzene rings is 2. The summed E-state index contributed by atoms with van der Waals surface area (Å²) >= 11 is 5.98. The zero-order valence-corrected chi connectivity index (χ0v) is 19.1. The van der Waals surface area contributed by atoms with Gasteiger partial charge in [-0.05, 0) is 42.0 Å². The summed E-state index contributed by atoms with van der Waals surface area (Å²) in [5, 5.41) is 6.55. The summed E-state index contributed by atoms with van der Waals surface area (Å²) in [4.78, 5) is 17.5. The largest absolute Gasteiger partial charge is 0.351 e. The molecule has 4 aromatic rings. The average Bonchev–Trinajstić information content (AvgIpc) is 3.38. The molecule has 0 spiro atoms. The number of hydrogen-bond donors (Lipinski definition) is 0. The molecule has 1 saturated heterocycles. The molecular weight excluding hydrogens is 422 g/mol. The Morgan fingerprint density at radius 2 is 1.72 bits per heavy atom. The Hall–Kier alpha value is -3.09. The SMILES string of the molecule is Cn1nc(-c2ccc3c(ccn3C)c2)cc1C(=O)N1CCN(Cc2ccc(Cl)cc2)CC1. The first-order chi connectivity index (χ1) is 15.5. The molecule has 0 N–H and O–H groups in total. The monoisotopic (exact) mass is 447 g/mol. The zero-order chi connectivity index (χ0) is 22.2. The Balaban J connectivity index is 1.26. The maximum atomic E-state index is 13.2. The lowest BCUT2D eigenvalue weighted by atomic mass is 10.1. The number of piperazine rings is 1. The number of hydrogen-bond acceptors (Lipinski definition) is 3. The standard InChI is InChI=1S/C25H26ClN5O/c1-28-10-9-20-15-19(5-8-23(20)28)22-16-24(29(2)27-22)25(32)31-13-11-30(12-14-31)17-18-3-6-21(26)7-4-18/h3-10,15-16H,11-14,17H2,1-2H3. The number of carbonyl (C=O) groups excluding carboxylic acids is 1. The molecule has 164 valence electrons. The van der Waals surface area contributed by atoms with Crippen molar-refractivity contribution >= 4 is 28.4 Å². The first-order valence-corrected chi connectivity index (χ1v) is 11.2. The third-order valence-corrected chi connectivity index (χ3v) is 6.51. The summed E-state index contributed by atoms with van der Waals surface area (Å²) in [6.45, 7) is 4.00. The Labute approximate surface area is 192 Å². The van der Waals surface area contributed by atoms with Gasteiger partial charge in [0.05, 0.1) is 5.69 Å². The minimum Gasteiger partial charge on any atom is -0.351 e. The number of halogens is 1. The molecule has 0 unspecified atom stereocenters. The highest BCUT2D eigenvalue weighted by molar-refractivity contribution is 6.30. The second kappa shape index (κ2) is 8.45. The van der Waals surface area contributed by atoms with Crippen molar-refractivity contribution in [2.45, 2.75) is 6.54 Å². The lowest BCUT2D eigenvalue weighted by Gasteiger charge is -2.34. The first kappa shape index (κ1) is 20.8. The Kier molecular flexibility index (Phi) is 5.49. The van der Waals surface area contributed by atoms with Gasteiger partial charge in [0.15, 0.2) is 0 Å². The van der Waals surface area contributed by atoms with E-state index in [1.165, 1.54) is 16.5 Å². The highest BCUT2D eigenvalue weighted by atomic mass is 35.5. The van der Waals surface area contributed by atoms with E-state index in [1.54, 1.807) is 4.68 Å². The van der Waals surface area contributed by atoms with Crippen LogP contribution in [0.5, 0.6) is 0 Å². The number of aryl methyl sites for hydroxylation is 2. The van der Waals surface area contributed by atoms with Crippen molar-refractivity contribution in [3.63, 3.8) is 0 Å². The van der Waals surface area contributed by atoms with E-state index in [-0.39, 0.29) is 5.91 Å². The Bertz CT molecular complexity index is 1270. The van der Waals surface area contributed by atoms with E-state index in [0.717, 1.165) is 35.9 Å². The van der Waals surface area contributed by atoms with Gasteiger partial charge in [0.2, 0.25) is 0 Å². The van der Waals surface area contributed by atoms with Crippen molar-refractivity contribution in [1.29, 1.82) is 0 Å². The van der Waals surface area contributed by atoms with Crippen molar-refractivity contribution in [3.8, 4) is 11.3 Å². The second-order valence-corrected chi connectivity index (χ2v) is 8.87. The molecule has 32 heavy (non-hydrogen) atoms. The van der Waals surface area contributed by atoms with Crippen LogP contribution in [0, 0.1) is 0 Å². The van der Waals surface area contributed by atoms with E-state index in [0.29, 0.717) is 18.8 Å². The van der Waals surface area contributed by atoms with Gasteiger partial charge in [-0.2, -0.15) is 5.10 Å². The van der Waals surface area contributed by atoms with Gasteiger partial charge >= 0.3 is 0 Å². The third-order valence-electron chi connectivity index (χ3n) is 6.26. The summed E-state index contributed by atoms with van der Waals surface area (Å²) in [5.74, 6) is 0.0400. The van der Waals surface area contributed by atoms with Crippen LogP contribution in [-0.2, 0) is 20.6 Å². The van der Waals surface area contributed by atoms with Gasteiger partial charge in [-0.25, -0.2) is 0 Å². The van der Waals surface area contributed by atoms with E-state index >= 15 is 0 Å². The topological polar surface area (TPSA) is 46.3 Å². The van der Waals surface area contributed by atoms with Gasteiger partial charge in [-0.3, -0.25) is 14.4 Å². The Morgan fingerprint density at radius 1 is 0.969 bits per heavy atom. The molecule has 1 fully saturated rings. The predicted molar refractivity (Wildman–Crippen MR) is 128 cm³/mol. The van der Waals surface area contributed by atoms with Gasteiger partial charge in [-0.1, -0.05) is 29.8 Å². The summed E-state index contributed by atoms with van der Waals surface area (Å²) < 4.78 is 3.80. The van der Waals surface area contributed by atoms with E-state index in [9.17, 15) is 4.79 Å². The third kappa shape index (κ3) is 4.04. The van der Waals surface area contributed by atoms with Crippen LogP contribution >= 0.6 is 11.6 Å². The van der Waals surface area contributed by atoms with Gasteiger partial charge in [-0.15, -0.1) is 0 Å². The fraction of sp³-hybridized carbons (Fsp3) is 0.280. The lowest BCUT2D eigenvalue weighted by molar-refractivity contribution is 0.0618. The van der Waals surface area contributed by atoms with Crippen LogP contribution in [0.25, 0.3) is 22.2 Å². The molecule has 1 aliphatic rings. The number of nitrogens with zero attached hydrogens (tertiary/aromatic N) is 5. The lowest BCUT2D eigenvalue weighted by Crippen LogP contribution is -2.48. The highest BCUT2D eigenvalue weighted by Crippen LogP contribution is 2.25. The van der Waals surface area contributed by atoms with Crippen LogP contribution < -0.4 is 0 Å². The number of aromatic nitrogens is 3. The molecule has 7 heteroatoms. The van der Waals surface area contributed by atoms with Crippen LogP contribution in [0.3, 0.4) is 0 Å². The number of fused-ring (bicyclic) bond motifs is 1. The molecule has 6 nitrogen and oxygen atoms in total. The molecule has 3 heterocycles. The molecule has 0 atom stereocenters. The molecule has 0 aliphatic carbocycles. The minimum atomic E-state index is 0.0400. The quantitative estimate of drug-likeness (QED) is 0.471. The van der Waals surface area contributed by atoms with Crippen LogP contribution in [0.15, 0.2) is 60.8 Å². The maximum Gasteiger partial charge on any atom is 0.272 e. The summed E-state index contributed by atoms with van der Waals surface area (Å²) in [6.07, 6.45) is 2.05. The van der Waals surface area contributed by atoms with Gasteiger partial charge in [0.25, 0.3) is 5.91 Å². The first-order valence-electron chi connectivity index (χ1n) is 10.8. The molecule has 0 radical (unpaired) electrons. The van der Waals surface area contributed by atoms with Gasteiger partial charge in [0, 0.05) is 74.5 Å². The van der Waals surface area contributed by atoms with Crippen molar-refractivity contribution in [2.75, 3.05) is 26.2 Å². The number of rotatable bonds is 4. The summed E-state index contributed by atoms with van der Waals surface area (Å²) in [5.41, 5.74) is 4.88. The van der Waals surface area contributed by atoms with Crippen molar-refractivity contribution in [3.05, 3.63) is 77.1 Å². The molecule has 1 aliphatic heterocycles. The molecule has 0 saturated carbocycles. The highest BCUT2D eigenvalue weighted by Gasteiger charge is 2.25. The summed E-state index contributed by atoms with van der Waals surface area (Å²) in [7, 11) is 3.88. The van der Waals surface area contributed by atoms with Crippen LogP contribution in [0.2, 0.25) is 5.02 Å². The van der Waals surface area contributed by atoms with Crippen LogP contribution in [-0.4, -0.2) is 56.2 Å². The normalized spacial score (nSPS) is 14.9. The van der Waals surface area contributed by atoms with E-state index in [2.05, 4.69) is 57.2 Å². The van der Waals surface area contributed by atoms with Crippen molar-refractivity contribution in [2.24, 2.45) is 14.1 Å². The van der Waals surface area contributed by atoms with Crippen LogP contribution in [0.4, 0.5) is 0 Å². The summed E-state index contributed by atoms with van der Waals surface area (Å²) in [6, 6.07) is 18.3. The van der Waals surface area contributed by atoms with E-state index < -0.39 is 0 Å². The molecular formula is C25H26ClN5O.